The van der Waals surface area contributed by atoms with E-state index in [4.69, 9.17) is 5.84 Å². The van der Waals surface area contributed by atoms with E-state index in [0.717, 1.165) is 24.8 Å². The SMILES string of the molecule is CCC(C)CC(Cc1ccc(F)cc1)NN. The normalized spacial score (nSPS) is 14.8. The van der Waals surface area contributed by atoms with E-state index in [0.29, 0.717) is 5.92 Å². The number of benzene rings is 1. The smallest absolute Gasteiger partial charge is 0.123 e. The van der Waals surface area contributed by atoms with E-state index >= 15 is 0 Å². The Kier molecular flexibility index (Phi) is 5.43. The van der Waals surface area contributed by atoms with Crippen LogP contribution in [0, 0.1) is 11.7 Å². The molecule has 1 aromatic rings. The molecule has 0 spiro atoms. The van der Waals surface area contributed by atoms with Crippen LogP contribution in [0.3, 0.4) is 0 Å². The zero-order valence-electron chi connectivity index (χ0n) is 10.0. The maximum absolute atomic E-state index is 12.7. The van der Waals surface area contributed by atoms with Gasteiger partial charge in [-0.25, -0.2) is 4.39 Å². The van der Waals surface area contributed by atoms with Crippen LogP contribution in [-0.4, -0.2) is 6.04 Å². The molecule has 0 amide bonds. The van der Waals surface area contributed by atoms with Gasteiger partial charge in [0.05, 0.1) is 0 Å². The molecule has 90 valence electrons. The Morgan fingerprint density at radius 1 is 1.31 bits per heavy atom. The van der Waals surface area contributed by atoms with E-state index in [1.54, 1.807) is 0 Å². The second kappa shape index (κ2) is 6.61. The van der Waals surface area contributed by atoms with Crippen LogP contribution in [-0.2, 0) is 6.42 Å². The molecular formula is C13H21FN2. The summed E-state index contributed by atoms with van der Waals surface area (Å²) in [6.07, 6.45) is 3.05. The highest BCUT2D eigenvalue weighted by Gasteiger charge is 2.11. The highest BCUT2D eigenvalue weighted by molar-refractivity contribution is 5.17. The van der Waals surface area contributed by atoms with Crippen LogP contribution in [0.2, 0.25) is 0 Å². The fourth-order valence-corrected chi connectivity index (χ4v) is 1.77. The van der Waals surface area contributed by atoms with Crippen molar-refractivity contribution in [2.24, 2.45) is 11.8 Å². The standard InChI is InChI=1S/C13H21FN2/c1-3-10(2)8-13(16-15)9-11-4-6-12(14)7-5-11/h4-7,10,13,16H,3,8-9,15H2,1-2H3. The van der Waals surface area contributed by atoms with Crippen LogP contribution < -0.4 is 11.3 Å². The maximum atomic E-state index is 12.7. The molecule has 0 saturated carbocycles. The minimum atomic E-state index is -0.192. The van der Waals surface area contributed by atoms with E-state index in [2.05, 4.69) is 19.3 Å². The van der Waals surface area contributed by atoms with Crippen LogP contribution in [0.1, 0.15) is 32.3 Å². The minimum absolute atomic E-state index is 0.192. The third-order valence-electron chi connectivity index (χ3n) is 3.01. The minimum Gasteiger partial charge on any atom is -0.271 e. The predicted octanol–water partition coefficient (Wildman–Crippen LogP) is 2.64. The summed E-state index contributed by atoms with van der Waals surface area (Å²) in [5.41, 5.74) is 3.95. The van der Waals surface area contributed by atoms with E-state index in [1.807, 2.05) is 12.1 Å². The summed E-state index contributed by atoms with van der Waals surface area (Å²) in [7, 11) is 0. The van der Waals surface area contributed by atoms with Crippen molar-refractivity contribution < 1.29 is 4.39 Å². The Hall–Kier alpha value is -0.930. The number of nitrogens with one attached hydrogen (secondary N) is 1. The molecule has 0 radical (unpaired) electrons. The number of hydrogen-bond donors (Lipinski definition) is 2. The molecule has 0 aliphatic carbocycles. The Bertz CT molecular complexity index is 297. The molecule has 2 unspecified atom stereocenters. The number of nitrogens with two attached hydrogens (primary N) is 1. The molecule has 0 heterocycles. The summed E-state index contributed by atoms with van der Waals surface area (Å²) in [5, 5.41) is 0. The van der Waals surface area contributed by atoms with Gasteiger partial charge in [0, 0.05) is 6.04 Å². The van der Waals surface area contributed by atoms with Gasteiger partial charge in [0.2, 0.25) is 0 Å². The van der Waals surface area contributed by atoms with Gasteiger partial charge >= 0.3 is 0 Å². The van der Waals surface area contributed by atoms with Crippen molar-refractivity contribution in [3.63, 3.8) is 0 Å². The first kappa shape index (κ1) is 13.1. The lowest BCUT2D eigenvalue weighted by atomic mass is 9.95. The molecule has 1 aromatic carbocycles. The molecule has 1 rings (SSSR count). The Labute approximate surface area is 97.0 Å². The van der Waals surface area contributed by atoms with Gasteiger partial charge < -0.3 is 0 Å². The van der Waals surface area contributed by atoms with E-state index < -0.39 is 0 Å². The monoisotopic (exact) mass is 224 g/mol. The number of rotatable bonds is 6. The van der Waals surface area contributed by atoms with Crippen molar-refractivity contribution in [1.29, 1.82) is 0 Å². The van der Waals surface area contributed by atoms with Crippen LogP contribution in [0.5, 0.6) is 0 Å². The number of halogens is 1. The highest BCUT2D eigenvalue weighted by atomic mass is 19.1. The maximum Gasteiger partial charge on any atom is 0.123 e. The van der Waals surface area contributed by atoms with E-state index in [1.165, 1.54) is 12.1 Å². The molecular weight excluding hydrogens is 203 g/mol. The molecule has 2 nitrogen and oxygen atoms in total. The molecule has 0 saturated heterocycles. The Morgan fingerprint density at radius 3 is 2.44 bits per heavy atom. The van der Waals surface area contributed by atoms with Crippen LogP contribution in [0.4, 0.5) is 4.39 Å². The average Bonchev–Trinajstić information content (AvgIpc) is 2.30. The Balaban J connectivity index is 2.52. The first-order chi connectivity index (χ1) is 7.65. The second-order valence-electron chi connectivity index (χ2n) is 4.44. The van der Waals surface area contributed by atoms with E-state index in [-0.39, 0.29) is 11.9 Å². The Morgan fingerprint density at radius 2 is 1.94 bits per heavy atom. The second-order valence-corrected chi connectivity index (χ2v) is 4.44. The molecule has 0 aliphatic rings. The third kappa shape index (κ3) is 4.29. The average molecular weight is 224 g/mol. The zero-order valence-corrected chi connectivity index (χ0v) is 10.0. The summed E-state index contributed by atoms with van der Waals surface area (Å²) in [6, 6.07) is 6.88. The first-order valence-electron chi connectivity index (χ1n) is 5.86. The van der Waals surface area contributed by atoms with Crippen molar-refractivity contribution in [1.82, 2.24) is 5.43 Å². The topological polar surface area (TPSA) is 38.0 Å². The molecule has 0 fully saturated rings. The van der Waals surface area contributed by atoms with Gasteiger partial charge in [-0.05, 0) is 36.5 Å². The van der Waals surface area contributed by atoms with Crippen LogP contribution in [0.15, 0.2) is 24.3 Å². The van der Waals surface area contributed by atoms with Gasteiger partial charge in [-0.15, -0.1) is 0 Å². The van der Waals surface area contributed by atoms with Gasteiger partial charge in [-0.3, -0.25) is 11.3 Å². The van der Waals surface area contributed by atoms with E-state index in [9.17, 15) is 4.39 Å². The van der Waals surface area contributed by atoms with Gasteiger partial charge in [0.15, 0.2) is 0 Å². The summed E-state index contributed by atoms with van der Waals surface area (Å²) >= 11 is 0. The molecule has 2 atom stereocenters. The van der Waals surface area contributed by atoms with Gasteiger partial charge in [-0.1, -0.05) is 32.4 Å². The third-order valence-corrected chi connectivity index (χ3v) is 3.01. The van der Waals surface area contributed by atoms with Crippen molar-refractivity contribution in [3.8, 4) is 0 Å². The number of hydrogen-bond acceptors (Lipinski definition) is 2. The summed E-state index contributed by atoms with van der Waals surface area (Å²) in [5.74, 6) is 5.99. The summed E-state index contributed by atoms with van der Waals surface area (Å²) < 4.78 is 12.7. The van der Waals surface area contributed by atoms with Crippen LogP contribution in [0.25, 0.3) is 0 Å². The lowest BCUT2D eigenvalue weighted by molar-refractivity contribution is 0.396. The molecule has 3 N–H and O–H groups in total. The largest absolute Gasteiger partial charge is 0.271 e. The van der Waals surface area contributed by atoms with Crippen molar-refractivity contribution in [3.05, 3.63) is 35.6 Å². The van der Waals surface area contributed by atoms with Crippen molar-refractivity contribution >= 4 is 0 Å². The number of hydrazine groups is 1. The lowest BCUT2D eigenvalue weighted by Gasteiger charge is -2.19. The predicted molar refractivity (Wildman–Crippen MR) is 65.3 cm³/mol. The van der Waals surface area contributed by atoms with Gasteiger partial charge in [0.25, 0.3) is 0 Å². The molecule has 3 heteroatoms. The summed E-state index contributed by atoms with van der Waals surface area (Å²) in [4.78, 5) is 0. The zero-order chi connectivity index (χ0) is 12.0. The molecule has 0 aliphatic heterocycles. The lowest BCUT2D eigenvalue weighted by Crippen LogP contribution is -2.37. The molecule has 0 bridgehead atoms. The highest BCUT2D eigenvalue weighted by Crippen LogP contribution is 2.13. The molecule has 16 heavy (non-hydrogen) atoms. The van der Waals surface area contributed by atoms with Gasteiger partial charge in [-0.2, -0.15) is 0 Å². The quantitative estimate of drug-likeness (QED) is 0.576. The van der Waals surface area contributed by atoms with Crippen LogP contribution >= 0.6 is 0 Å². The first-order valence-corrected chi connectivity index (χ1v) is 5.86. The summed E-state index contributed by atoms with van der Waals surface area (Å²) in [6.45, 7) is 4.39. The fraction of sp³-hybridized carbons (Fsp3) is 0.538. The van der Waals surface area contributed by atoms with Crippen molar-refractivity contribution in [2.75, 3.05) is 0 Å². The van der Waals surface area contributed by atoms with Gasteiger partial charge in [0.1, 0.15) is 5.82 Å². The molecule has 0 aromatic heterocycles. The van der Waals surface area contributed by atoms with Crippen molar-refractivity contribution in [2.45, 2.75) is 39.2 Å². The fourth-order valence-electron chi connectivity index (χ4n) is 1.77.